The molecule has 1 fully saturated rings. The third-order valence-electron chi connectivity index (χ3n) is 7.08. The minimum Gasteiger partial charge on any atom is -0.496 e. The summed E-state index contributed by atoms with van der Waals surface area (Å²) in [5.41, 5.74) is 3.49. The number of amides is 2. The second kappa shape index (κ2) is 14.0. The summed E-state index contributed by atoms with van der Waals surface area (Å²) in [4.78, 5) is 32.4. The average molecular weight is 546 g/mol. The van der Waals surface area contributed by atoms with Crippen molar-refractivity contribution in [3.8, 4) is 5.75 Å². The maximum atomic E-state index is 13.4. The Labute approximate surface area is 236 Å². The van der Waals surface area contributed by atoms with Crippen LogP contribution in [0, 0.1) is 0 Å². The number of carbonyl (C=O) groups is 2. The molecule has 204 valence electrons. The zero-order valence-corrected chi connectivity index (χ0v) is 23.4. The number of rotatable bonds is 10. The predicted molar refractivity (Wildman–Crippen MR) is 158 cm³/mol. The van der Waals surface area contributed by atoms with Gasteiger partial charge >= 0.3 is 0 Å². The number of piperazine rings is 1. The molecule has 0 atom stereocenters. The second-order valence-corrected chi connectivity index (χ2v) is 10.0. The third kappa shape index (κ3) is 7.71. The molecule has 4 rings (SSSR count). The van der Waals surface area contributed by atoms with Gasteiger partial charge in [-0.25, -0.2) is 0 Å². The van der Waals surface area contributed by atoms with Crippen LogP contribution in [0.15, 0.2) is 78.9 Å². The van der Waals surface area contributed by atoms with E-state index in [-0.39, 0.29) is 11.8 Å². The van der Waals surface area contributed by atoms with Gasteiger partial charge in [-0.05, 0) is 48.4 Å². The van der Waals surface area contributed by atoms with Gasteiger partial charge in [0.05, 0.1) is 7.11 Å². The Morgan fingerprint density at radius 3 is 2.38 bits per heavy atom. The fourth-order valence-corrected chi connectivity index (χ4v) is 4.88. The fourth-order valence-electron chi connectivity index (χ4n) is 4.69. The highest BCUT2D eigenvalue weighted by atomic mass is 35.5. The van der Waals surface area contributed by atoms with Crippen molar-refractivity contribution in [2.24, 2.45) is 0 Å². The van der Waals surface area contributed by atoms with E-state index in [0.29, 0.717) is 36.8 Å². The van der Waals surface area contributed by atoms with Gasteiger partial charge in [-0.2, -0.15) is 0 Å². The van der Waals surface area contributed by atoms with E-state index in [1.165, 1.54) is 5.56 Å². The highest BCUT2D eigenvalue weighted by Gasteiger charge is 2.23. The molecule has 7 heteroatoms. The Hall–Kier alpha value is -3.61. The molecule has 39 heavy (non-hydrogen) atoms. The van der Waals surface area contributed by atoms with Crippen molar-refractivity contribution in [3.05, 3.63) is 106 Å². The van der Waals surface area contributed by atoms with E-state index in [1.54, 1.807) is 31.4 Å². The molecule has 0 saturated carbocycles. The summed E-state index contributed by atoms with van der Waals surface area (Å²) >= 11 is 6.17. The first-order valence-electron chi connectivity index (χ1n) is 13.4. The maximum Gasteiger partial charge on any atom is 0.254 e. The van der Waals surface area contributed by atoms with Gasteiger partial charge in [0, 0.05) is 67.5 Å². The molecule has 1 aliphatic rings. The van der Waals surface area contributed by atoms with E-state index in [2.05, 4.69) is 11.8 Å². The molecule has 0 spiro atoms. The molecule has 0 N–H and O–H groups in total. The van der Waals surface area contributed by atoms with Crippen LogP contribution in [0.1, 0.15) is 38.8 Å². The Kier molecular flexibility index (Phi) is 10.2. The lowest BCUT2D eigenvalue weighted by atomic mass is 10.1. The largest absolute Gasteiger partial charge is 0.496 e. The number of hydrogen-bond acceptors (Lipinski definition) is 4. The number of halogens is 1. The summed E-state index contributed by atoms with van der Waals surface area (Å²) in [5, 5.41) is 0.537. The third-order valence-corrected chi connectivity index (χ3v) is 7.31. The fraction of sp³-hybridized carbons (Fsp3) is 0.312. The summed E-state index contributed by atoms with van der Waals surface area (Å²) in [6.45, 7) is 6.74. The van der Waals surface area contributed by atoms with Crippen LogP contribution in [0.2, 0.25) is 5.02 Å². The molecule has 1 heterocycles. The summed E-state index contributed by atoms with van der Waals surface area (Å²) in [6.07, 6.45) is 4.93. The van der Waals surface area contributed by atoms with Crippen LogP contribution < -0.4 is 4.74 Å². The van der Waals surface area contributed by atoms with E-state index in [9.17, 15) is 9.59 Å². The number of methoxy groups -OCH3 is 1. The lowest BCUT2D eigenvalue weighted by molar-refractivity contribution is 0.0609. The van der Waals surface area contributed by atoms with Crippen molar-refractivity contribution < 1.29 is 14.3 Å². The number of aryl methyl sites for hydroxylation is 1. The van der Waals surface area contributed by atoms with Crippen molar-refractivity contribution >= 4 is 29.5 Å². The number of benzene rings is 3. The molecule has 3 aromatic rings. The van der Waals surface area contributed by atoms with Gasteiger partial charge in [0.25, 0.3) is 11.8 Å². The number of hydrogen-bond donors (Lipinski definition) is 0. The van der Waals surface area contributed by atoms with Gasteiger partial charge in [0.1, 0.15) is 5.75 Å². The van der Waals surface area contributed by atoms with Gasteiger partial charge in [0.15, 0.2) is 0 Å². The Balaban J connectivity index is 1.37. The van der Waals surface area contributed by atoms with E-state index in [0.717, 1.165) is 42.9 Å². The van der Waals surface area contributed by atoms with Crippen molar-refractivity contribution in [2.75, 3.05) is 52.9 Å². The van der Waals surface area contributed by atoms with Gasteiger partial charge in [-0.15, -0.1) is 0 Å². The van der Waals surface area contributed by atoms with Crippen LogP contribution >= 0.6 is 11.6 Å². The van der Waals surface area contributed by atoms with Gasteiger partial charge in [0.2, 0.25) is 0 Å². The standard InChI is InChI=1S/C32H36ClN3O3/c1-3-25-13-15-27(16-14-25)31(37)36-22-19-34(20-23-36)18-21-35(32(38)28-9-6-11-29(33)24-28)17-7-10-26-8-4-5-12-30(26)39-2/h4-16,24H,3,17-23H2,1-2H3/b10-7+. The lowest BCUT2D eigenvalue weighted by Gasteiger charge is -2.36. The minimum absolute atomic E-state index is 0.0634. The molecule has 0 aliphatic carbocycles. The molecule has 0 radical (unpaired) electrons. The van der Waals surface area contributed by atoms with Gasteiger partial charge in [-0.3, -0.25) is 14.5 Å². The summed E-state index contributed by atoms with van der Waals surface area (Å²) in [7, 11) is 1.65. The molecule has 0 bridgehead atoms. The minimum atomic E-state index is -0.0634. The molecule has 6 nitrogen and oxygen atoms in total. The van der Waals surface area contributed by atoms with Crippen molar-refractivity contribution in [1.29, 1.82) is 0 Å². The molecule has 2 amide bonds. The number of ether oxygens (including phenoxy) is 1. The zero-order valence-electron chi connectivity index (χ0n) is 22.7. The monoisotopic (exact) mass is 545 g/mol. The first-order valence-corrected chi connectivity index (χ1v) is 13.8. The number of nitrogens with zero attached hydrogens (tertiary/aromatic N) is 3. The van der Waals surface area contributed by atoms with Crippen LogP contribution in [0.25, 0.3) is 6.08 Å². The second-order valence-electron chi connectivity index (χ2n) is 9.59. The Morgan fingerprint density at radius 1 is 0.949 bits per heavy atom. The van der Waals surface area contributed by atoms with Crippen LogP contribution in [0.3, 0.4) is 0 Å². The predicted octanol–water partition coefficient (Wildman–Crippen LogP) is 5.52. The maximum absolute atomic E-state index is 13.4. The summed E-state index contributed by atoms with van der Waals surface area (Å²) in [6, 6.07) is 22.7. The van der Waals surface area contributed by atoms with E-state index in [4.69, 9.17) is 16.3 Å². The molecular formula is C32H36ClN3O3. The molecule has 1 saturated heterocycles. The quantitative estimate of drug-likeness (QED) is 0.336. The topological polar surface area (TPSA) is 53.1 Å². The smallest absolute Gasteiger partial charge is 0.254 e. The van der Waals surface area contributed by atoms with Crippen LogP contribution in [-0.2, 0) is 6.42 Å². The number of para-hydroxylation sites is 1. The highest BCUT2D eigenvalue weighted by Crippen LogP contribution is 2.19. The SMILES string of the molecule is CCc1ccc(C(=O)N2CCN(CCN(C/C=C/c3ccccc3OC)C(=O)c3cccc(Cl)c3)CC2)cc1. The van der Waals surface area contributed by atoms with Crippen molar-refractivity contribution in [3.63, 3.8) is 0 Å². The Bertz CT molecular complexity index is 1280. The zero-order chi connectivity index (χ0) is 27.6. The molecular weight excluding hydrogens is 510 g/mol. The van der Waals surface area contributed by atoms with Gasteiger partial charge < -0.3 is 14.5 Å². The first kappa shape index (κ1) is 28.4. The Morgan fingerprint density at radius 2 is 1.69 bits per heavy atom. The summed E-state index contributed by atoms with van der Waals surface area (Å²) < 4.78 is 5.44. The first-order chi connectivity index (χ1) is 19.0. The van der Waals surface area contributed by atoms with Crippen molar-refractivity contribution in [1.82, 2.24) is 14.7 Å². The molecule has 0 aromatic heterocycles. The van der Waals surface area contributed by atoms with Crippen LogP contribution in [0.5, 0.6) is 5.75 Å². The van der Waals surface area contributed by atoms with E-state index < -0.39 is 0 Å². The lowest BCUT2D eigenvalue weighted by Crippen LogP contribution is -2.50. The van der Waals surface area contributed by atoms with Gasteiger partial charge in [-0.1, -0.05) is 67.1 Å². The highest BCUT2D eigenvalue weighted by molar-refractivity contribution is 6.30. The summed E-state index contributed by atoms with van der Waals surface area (Å²) in [5.74, 6) is 0.804. The van der Waals surface area contributed by atoms with Crippen molar-refractivity contribution in [2.45, 2.75) is 13.3 Å². The van der Waals surface area contributed by atoms with Crippen LogP contribution in [-0.4, -0.2) is 79.4 Å². The molecule has 1 aliphatic heterocycles. The van der Waals surface area contributed by atoms with Crippen LogP contribution in [0.4, 0.5) is 0 Å². The molecule has 3 aromatic carbocycles. The van der Waals surface area contributed by atoms with E-state index >= 15 is 0 Å². The van der Waals surface area contributed by atoms with E-state index in [1.807, 2.05) is 70.5 Å². The number of carbonyl (C=O) groups excluding carboxylic acids is 2. The molecule has 0 unspecified atom stereocenters. The normalized spacial score (nSPS) is 14.0. The average Bonchev–Trinajstić information content (AvgIpc) is 2.98.